The fourth-order valence-electron chi connectivity index (χ4n) is 3.30. The van der Waals surface area contributed by atoms with E-state index in [2.05, 4.69) is 4.90 Å². The van der Waals surface area contributed by atoms with Gasteiger partial charge in [0.05, 0.1) is 0 Å². The van der Waals surface area contributed by atoms with E-state index >= 15 is 0 Å². The highest BCUT2D eigenvalue weighted by molar-refractivity contribution is 5.46. The maximum atomic E-state index is 13.9. The van der Waals surface area contributed by atoms with Crippen LogP contribution < -0.4 is 14.2 Å². The van der Waals surface area contributed by atoms with E-state index in [0.717, 1.165) is 42.2 Å². The molecule has 0 radical (unpaired) electrons. The van der Waals surface area contributed by atoms with Gasteiger partial charge in [0.2, 0.25) is 6.79 Å². The first-order valence-electron chi connectivity index (χ1n) is 8.29. The number of halogens is 1. The smallest absolute Gasteiger partial charge is 0.231 e. The van der Waals surface area contributed by atoms with Crippen LogP contribution >= 0.6 is 0 Å². The van der Waals surface area contributed by atoms with Crippen LogP contribution in [-0.4, -0.2) is 30.9 Å². The lowest BCUT2D eigenvalue weighted by Crippen LogP contribution is -2.34. The maximum Gasteiger partial charge on any atom is 0.231 e. The average molecular weight is 329 g/mol. The molecule has 4 rings (SSSR count). The third-order valence-electron chi connectivity index (χ3n) is 4.62. The molecule has 1 fully saturated rings. The van der Waals surface area contributed by atoms with Gasteiger partial charge in [-0.25, -0.2) is 4.39 Å². The molecule has 4 nitrogen and oxygen atoms in total. The number of hydrogen-bond donors (Lipinski definition) is 0. The van der Waals surface area contributed by atoms with Crippen molar-refractivity contribution in [2.45, 2.75) is 25.4 Å². The highest BCUT2D eigenvalue weighted by Gasteiger charge is 2.26. The third-order valence-corrected chi connectivity index (χ3v) is 4.62. The van der Waals surface area contributed by atoms with Crippen LogP contribution in [0.2, 0.25) is 0 Å². The Labute approximate surface area is 140 Å². The van der Waals surface area contributed by atoms with Crippen molar-refractivity contribution in [2.75, 3.05) is 19.9 Å². The molecule has 2 aromatic carbocycles. The lowest BCUT2D eigenvalue weighted by molar-refractivity contribution is 0.164. The molecule has 0 unspecified atom stereocenters. The Kier molecular flexibility index (Phi) is 4.26. The minimum atomic E-state index is -0.139. The Hall–Kier alpha value is -2.27. The number of nitrogens with zero attached hydrogens (tertiary/aromatic N) is 1. The van der Waals surface area contributed by atoms with Crippen LogP contribution in [0.5, 0.6) is 17.2 Å². The lowest BCUT2D eigenvalue weighted by atomic mass is 10.2. The van der Waals surface area contributed by atoms with E-state index in [1.807, 2.05) is 30.3 Å². The zero-order valence-electron chi connectivity index (χ0n) is 13.4. The van der Waals surface area contributed by atoms with Crippen molar-refractivity contribution < 1.29 is 18.6 Å². The topological polar surface area (TPSA) is 30.9 Å². The first-order chi connectivity index (χ1) is 11.8. The molecule has 0 amide bonds. The van der Waals surface area contributed by atoms with Crippen LogP contribution in [0, 0.1) is 5.82 Å². The molecule has 0 saturated carbocycles. The van der Waals surface area contributed by atoms with Crippen molar-refractivity contribution in [1.82, 2.24) is 4.90 Å². The van der Waals surface area contributed by atoms with Gasteiger partial charge in [-0.1, -0.05) is 18.2 Å². The van der Waals surface area contributed by atoms with Crippen molar-refractivity contribution in [1.29, 1.82) is 0 Å². The predicted octanol–water partition coefficient (Wildman–Crippen LogP) is 3.60. The summed E-state index contributed by atoms with van der Waals surface area (Å²) in [5.41, 5.74) is 0.743. The molecule has 0 spiro atoms. The van der Waals surface area contributed by atoms with E-state index in [9.17, 15) is 4.39 Å². The number of hydrogen-bond acceptors (Lipinski definition) is 4. The van der Waals surface area contributed by atoms with Gasteiger partial charge in [-0.15, -0.1) is 0 Å². The van der Waals surface area contributed by atoms with Gasteiger partial charge in [0.25, 0.3) is 0 Å². The summed E-state index contributed by atoms with van der Waals surface area (Å²) in [5.74, 6) is 2.11. The van der Waals surface area contributed by atoms with Crippen molar-refractivity contribution in [3.8, 4) is 17.2 Å². The van der Waals surface area contributed by atoms with Gasteiger partial charge in [-0.05, 0) is 37.6 Å². The van der Waals surface area contributed by atoms with Crippen LogP contribution in [0.15, 0.2) is 42.5 Å². The second-order valence-electron chi connectivity index (χ2n) is 6.18. The Bertz CT molecular complexity index is 722. The van der Waals surface area contributed by atoms with Gasteiger partial charge in [-0.2, -0.15) is 0 Å². The van der Waals surface area contributed by atoms with Gasteiger partial charge >= 0.3 is 0 Å². The molecule has 2 aliphatic rings. The number of fused-ring (bicyclic) bond motifs is 1. The highest BCUT2D eigenvalue weighted by Crippen LogP contribution is 2.35. The Morgan fingerprint density at radius 1 is 1.12 bits per heavy atom. The molecule has 0 N–H and O–H groups in total. The quantitative estimate of drug-likeness (QED) is 0.839. The van der Waals surface area contributed by atoms with E-state index in [1.165, 1.54) is 6.07 Å². The van der Waals surface area contributed by atoms with Gasteiger partial charge in [0, 0.05) is 24.2 Å². The minimum Gasteiger partial charge on any atom is -0.492 e. The summed E-state index contributed by atoms with van der Waals surface area (Å²) >= 11 is 0. The van der Waals surface area contributed by atoms with Crippen LogP contribution in [0.3, 0.4) is 0 Å². The first-order valence-corrected chi connectivity index (χ1v) is 8.29. The van der Waals surface area contributed by atoms with E-state index in [-0.39, 0.29) is 12.6 Å². The Morgan fingerprint density at radius 3 is 2.92 bits per heavy atom. The highest BCUT2D eigenvalue weighted by atomic mass is 19.1. The average Bonchev–Trinajstić information content (AvgIpc) is 3.23. The van der Waals surface area contributed by atoms with Gasteiger partial charge in [0.1, 0.15) is 18.2 Å². The SMILES string of the molecule is Fc1ccccc1CN1CCC[C@H]1COc1ccc2c(c1)OCO2. The standard InChI is InChI=1S/C19H20FNO3/c20-17-6-2-1-4-14(17)11-21-9-3-5-15(21)12-22-16-7-8-18-19(10-16)24-13-23-18/h1-2,4,6-8,10,15H,3,5,9,11-13H2/t15-/m0/s1. The molecular formula is C19H20FNO3. The Balaban J connectivity index is 1.38. The van der Waals surface area contributed by atoms with E-state index in [4.69, 9.17) is 14.2 Å². The van der Waals surface area contributed by atoms with Crippen molar-refractivity contribution in [2.24, 2.45) is 0 Å². The predicted molar refractivity (Wildman–Crippen MR) is 87.9 cm³/mol. The fraction of sp³-hybridized carbons (Fsp3) is 0.368. The summed E-state index contributed by atoms with van der Waals surface area (Å²) in [7, 11) is 0. The number of rotatable bonds is 5. The molecule has 0 aromatic heterocycles. The lowest BCUT2D eigenvalue weighted by Gasteiger charge is -2.24. The minimum absolute atomic E-state index is 0.139. The summed E-state index contributed by atoms with van der Waals surface area (Å²) in [6, 6.07) is 12.9. The summed E-state index contributed by atoms with van der Waals surface area (Å²) < 4.78 is 30.5. The molecule has 0 aliphatic carbocycles. The molecule has 2 aliphatic heterocycles. The molecular weight excluding hydrogens is 309 g/mol. The summed E-state index contributed by atoms with van der Waals surface area (Å²) in [6.07, 6.45) is 2.18. The summed E-state index contributed by atoms with van der Waals surface area (Å²) in [6.45, 7) is 2.46. The second-order valence-corrected chi connectivity index (χ2v) is 6.18. The second kappa shape index (κ2) is 6.69. The number of likely N-dealkylation sites (tertiary alicyclic amines) is 1. The van der Waals surface area contributed by atoms with Crippen LogP contribution in [0.25, 0.3) is 0 Å². The normalized spacial score (nSPS) is 19.6. The van der Waals surface area contributed by atoms with E-state index in [1.54, 1.807) is 6.07 Å². The molecule has 5 heteroatoms. The molecule has 24 heavy (non-hydrogen) atoms. The molecule has 126 valence electrons. The molecule has 1 saturated heterocycles. The Morgan fingerprint density at radius 2 is 2.00 bits per heavy atom. The van der Waals surface area contributed by atoms with Gasteiger partial charge < -0.3 is 14.2 Å². The third kappa shape index (κ3) is 3.17. The van der Waals surface area contributed by atoms with Crippen LogP contribution in [0.1, 0.15) is 18.4 Å². The molecule has 2 heterocycles. The molecule has 2 aromatic rings. The zero-order valence-corrected chi connectivity index (χ0v) is 13.4. The first kappa shape index (κ1) is 15.3. The summed E-state index contributed by atoms with van der Waals surface area (Å²) in [4.78, 5) is 2.30. The fourth-order valence-corrected chi connectivity index (χ4v) is 3.30. The summed E-state index contributed by atoms with van der Waals surface area (Å²) in [5, 5.41) is 0. The number of benzene rings is 2. The van der Waals surface area contributed by atoms with Gasteiger partial charge in [-0.3, -0.25) is 4.90 Å². The zero-order chi connectivity index (χ0) is 16.4. The van der Waals surface area contributed by atoms with Crippen molar-refractivity contribution in [3.63, 3.8) is 0 Å². The number of ether oxygens (including phenoxy) is 3. The largest absolute Gasteiger partial charge is 0.492 e. The monoisotopic (exact) mass is 329 g/mol. The van der Waals surface area contributed by atoms with Gasteiger partial charge in [0.15, 0.2) is 11.5 Å². The van der Waals surface area contributed by atoms with E-state index in [0.29, 0.717) is 19.2 Å². The maximum absolute atomic E-state index is 13.9. The van der Waals surface area contributed by atoms with E-state index < -0.39 is 0 Å². The van der Waals surface area contributed by atoms with Crippen molar-refractivity contribution >= 4 is 0 Å². The van der Waals surface area contributed by atoms with Crippen LogP contribution in [0.4, 0.5) is 4.39 Å². The molecule has 0 bridgehead atoms. The molecule has 1 atom stereocenters. The van der Waals surface area contributed by atoms with Crippen LogP contribution in [-0.2, 0) is 6.54 Å². The van der Waals surface area contributed by atoms with Crippen molar-refractivity contribution in [3.05, 3.63) is 53.8 Å².